The number of amides is 1. The van der Waals surface area contributed by atoms with Gasteiger partial charge >= 0.3 is 5.97 Å². The van der Waals surface area contributed by atoms with E-state index in [2.05, 4.69) is 26.2 Å². The van der Waals surface area contributed by atoms with Crippen molar-refractivity contribution in [2.24, 2.45) is 0 Å². The lowest BCUT2D eigenvalue weighted by Gasteiger charge is -2.13. The Morgan fingerprint density at radius 1 is 1.32 bits per heavy atom. The number of nitrogens with zero attached hydrogens (tertiary/aromatic N) is 1. The van der Waals surface area contributed by atoms with E-state index in [4.69, 9.17) is 16.3 Å². The van der Waals surface area contributed by atoms with Gasteiger partial charge in [-0.1, -0.05) is 17.7 Å². The first-order valence-corrected chi connectivity index (χ1v) is 7.51. The molecule has 0 fully saturated rings. The second-order valence-electron chi connectivity index (χ2n) is 4.44. The number of carbonyl (C=O) groups is 2. The van der Waals surface area contributed by atoms with Crippen LogP contribution in [0.5, 0.6) is 0 Å². The monoisotopic (exact) mass is 382 g/mol. The highest BCUT2D eigenvalue weighted by Crippen LogP contribution is 2.16. The average Bonchev–Trinajstić information content (AvgIpc) is 2.47. The number of anilines is 1. The van der Waals surface area contributed by atoms with Crippen molar-refractivity contribution in [1.29, 1.82) is 0 Å². The lowest BCUT2D eigenvalue weighted by Crippen LogP contribution is -2.30. The van der Waals surface area contributed by atoms with E-state index in [0.717, 1.165) is 0 Å². The second-order valence-corrected chi connectivity index (χ2v) is 5.79. The molecule has 114 valence electrons. The van der Waals surface area contributed by atoms with Crippen molar-refractivity contribution in [3.8, 4) is 0 Å². The van der Waals surface area contributed by atoms with Gasteiger partial charge in [-0.2, -0.15) is 0 Å². The summed E-state index contributed by atoms with van der Waals surface area (Å²) in [4.78, 5) is 27.8. The molecule has 5 nitrogen and oxygen atoms in total. The fraction of sp³-hybridized carbons (Fsp3) is 0.133. The van der Waals surface area contributed by atoms with Crippen LogP contribution in [0.3, 0.4) is 0 Å². The van der Waals surface area contributed by atoms with E-state index in [-0.39, 0.29) is 5.56 Å². The lowest BCUT2D eigenvalue weighted by molar-refractivity contribution is -0.123. The molecule has 1 aromatic heterocycles. The van der Waals surface area contributed by atoms with E-state index in [1.807, 2.05) is 0 Å². The maximum Gasteiger partial charge on any atom is 0.340 e. The largest absolute Gasteiger partial charge is 0.449 e. The van der Waals surface area contributed by atoms with Gasteiger partial charge in [0.15, 0.2) is 6.10 Å². The Balaban J connectivity index is 1.98. The van der Waals surface area contributed by atoms with Crippen LogP contribution in [0.15, 0.2) is 47.2 Å². The molecule has 22 heavy (non-hydrogen) atoms. The molecule has 1 amide bonds. The van der Waals surface area contributed by atoms with Crippen molar-refractivity contribution in [3.05, 3.63) is 57.8 Å². The van der Waals surface area contributed by atoms with Gasteiger partial charge in [0.2, 0.25) is 0 Å². The van der Waals surface area contributed by atoms with Crippen LogP contribution in [-0.2, 0) is 9.53 Å². The highest BCUT2D eigenvalue weighted by molar-refractivity contribution is 9.10. The molecule has 0 saturated heterocycles. The molecule has 0 unspecified atom stereocenters. The van der Waals surface area contributed by atoms with Crippen molar-refractivity contribution in [3.63, 3.8) is 0 Å². The van der Waals surface area contributed by atoms with E-state index >= 15 is 0 Å². The third kappa shape index (κ3) is 4.54. The average molecular weight is 384 g/mol. The smallest absolute Gasteiger partial charge is 0.340 e. The summed E-state index contributed by atoms with van der Waals surface area (Å²) in [5, 5.41) is 3.13. The first-order valence-electron chi connectivity index (χ1n) is 6.33. The Morgan fingerprint density at radius 2 is 2.09 bits per heavy atom. The zero-order chi connectivity index (χ0) is 16.1. The summed E-state index contributed by atoms with van der Waals surface area (Å²) in [6, 6.07) is 8.27. The zero-order valence-electron chi connectivity index (χ0n) is 11.5. The molecule has 2 aromatic rings. The van der Waals surface area contributed by atoms with Gasteiger partial charge in [0.25, 0.3) is 5.91 Å². The minimum atomic E-state index is -0.953. The zero-order valence-corrected chi connectivity index (χ0v) is 13.9. The van der Waals surface area contributed by atoms with Crippen LogP contribution in [0, 0.1) is 0 Å². The Morgan fingerprint density at radius 3 is 2.77 bits per heavy atom. The number of pyridine rings is 1. The molecule has 0 spiro atoms. The lowest BCUT2D eigenvalue weighted by atomic mass is 10.2. The number of halogens is 2. The molecule has 0 saturated carbocycles. The van der Waals surface area contributed by atoms with Crippen molar-refractivity contribution >= 4 is 45.1 Å². The van der Waals surface area contributed by atoms with E-state index in [0.29, 0.717) is 15.2 Å². The number of esters is 1. The number of rotatable bonds is 4. The summed E-state index contributed by atoms with van der Waals surface area (Å²) >= 11 is 9.05. The third-order valence-corrected chi connectivity index (χ3v) is 3.35. The van der Waals surface area contributed by atoms with Gasteiger partial charge in [-0.3, -0.25) is 9.78 Å². The number of carbonyl (C=O) groups excluding carboxylic acids is 2. The van der Waals surface area contributed by atoms with Crippen LogP contribution in [0.25, 0.3) is 0 Å². The summed E-state index contributed by atoms with van der Waals surface area (Å²) in [6.45, 7) is 1.49. The van der Waals surface area contributed by atoms with Gasteiger partial charge in [-0.05, 0) is 47.1 Å². The molecular weight excluding hydrogens is 372 g/mol. The summed E-state index contributed by atoms with van der Waals surface area (Å²) in [5.74, 6) is -1.07. The van der Waals surface area contributed by atoms with Crippen molar-refractivity contribution in [2.75, 3.05) is 5.32 Å². The SMILES string of the molecule is C[C@H](OC(=O)c1cncc(Br)c1)C(=O)Nc1cccc(Cl)c1. The number of aromatic nitrogens is 1. The van der Waals surface area contributed by atoms with Crippen LogP contribution in [0.2, 0.25) is 5.02 Å². The van der Waals surface area contributed by atoms with Crippen molar-refractivity contribution in [1.82, 2.24) is 4.98 Å². The summed E-state index contributed by atoms with van der Waals surface area (Å²) in [7, 11) is 0. The van der Waals surface area contributed by atoms with Gasteiger partial charge in [0.05, 0.1) is 5.56 Å². The summed E-state index contributed by atoms with van der Waals surface area (Å²) in [5.41, 5.74) is 0.793. The molecule has 2 rings (SSSR count). The highest BCUT2D eigenvalue weighted by Gasteiger charge is 2.19. The first-order chi connectivity index (χ1) is 10.5. The Kier molecular flexibility index (Phi) is 5.51. The predicted molar refractivity (Wildman–Crippen MR) is 86.9 cm³/mol. The predicted octanol–water partition coefficient (Wildman–Crippen LogP) is 3.68. The minimum absolute atomic E-state index is 0.261. The number of hydrogen-bond donors (Lipinski definition) is 1. The van der Waals surface area contributed by atoms with Gasteiger partial charge < -0.3 is 10.1 Å². The molecule has 0 aliphatic heterocycles. The maximum atomic E-state index is 12.0. The van der Waals surface area contributed by atoms with Gasteiger partial charge in [0.1, 0.15) is 0 Å². The third-order valence-electron chi connectivity index (χ3n) is 2.69. The molecule has 0 aliphatic carbocycles. The molecular formula is C15H12BrClN2O3. The number of ether oxygens (including phenoxy) is 1. The molecule has 1 aromatic carbocycles. The Bertz CT molecular complexity index is 709. The quantitative estimate of drug-likeness (QED) is 0.818. The van der Waals surface area contributed by atoms with Crippen LogP contribution in [-0.4, -0.2) is 23.0 Å². The standard InChI is InChI=1S/C15H12BrClN2O3/c1-9(14(20)19-13-4-2-3-12(17)6-13)22-15(21)10-5-11(16)8-18-7-10/h2-9H,1H3,(H,19,20)/t9-/m0/s1. The van der Waals surface area contributed by atoms with Gasteiger partial charge in [-0.15, -0.1) is 0 Å². The number of hydrogen-bond acceptors (Lipinski definition) is 4. The van der Waals surface area contributed by atoms with Crippen LogP contribution < -0.4 is 5.32 Å². The molecule has 1 heterocycles. The van der Waals surface area contributed by atoms with Crippen LogP contribution in [0.4, 0.5) is 5.69 Å². The normalized spacial score (nSPS) is 11.6. The molecule has 0 bridgehead atoms. The van der Waals surface area contributed by atoms with E-state index in [1.54, 1.807) is 36.5 Å². The summed E-state index contributed by atoms with van der Waals surface area (Å²) < 4.78 is 5.76. The van der Waals surface area contributed by atoms with Gasteiger partial charge in [0, 0.05) is 27.6 Å². The number of nitrogens with one attached hydrogen (secondary N) is 1. The molecule has 1 N–H and O–H groups in total. The fourth-order valence-electron chi connectivity index (χ4n) is 1.62. The van der Waals surface area contributed by atoms with E-state index in [1.165, 1.54) is 13.1 Å². The first kappa shape index (κ1) is 16.5. The van der Waals surface area contributed by atoms with Crippen molar-refractivity contribution < 1.29 is 14.3 Å². The molecule has 7 heteroatoms. The fourth-order valence-corrected chi connectivity index (χ4v) is 2.17. The molecule has 0 radical (unpaired) electrons. The van der Waals surface area contributed by atoms with Crippen LogP contribution >= 0.6 is 27.5 Å². The Hall–Kier alpha value is -1.92. The maximum absolute atomic E-state index is 12.0. The molecule has 1 atom stereocenters. The highest BCUT2D eigenvalue weighted by atomic mass is 79.9. The van der Waals surface area contributed by atoms with Gasteiger partial charge in [-0.25, -0.2) is 4.79 Å². The number of benzene rings is 1. The van der Waals surface area contributed by atoms with E-state index in [9.17, 15) is 9.59 Å². The topological polar surface area (TPSA) is 68.3 Å². The minimum Gasteiger partial charge on any atom is -0.449 e. The second kappa shape index (κ2) is 7.38. The Labute approximate surface area is 140 Å². The van der Waals surface area contributed by atoms with Crippen LogP contribution in [0.1, 0.15) is 17.3 Å². The molecule has 0 aliphatic rings. The summed E-state index contributed by atoms with van der Waals surface area (Å²) in [6.07, 6.45) is 1.96. The van der Waals surface area contributed by atoms with E-state index < -0.39 is 18.0 Å². The van der Waals surface area contributed by atoms with Crippen molar-refractivity contribution in [2.45, 2.75) is 13.0 Å².